The summed E-state index contributed by atoms with van der Waals surface area (Å²) in [7, 11) is 0. The number of hydrogen-bond donors (Lipinski definition) is 0. The van der Waals surface area contributed by atoms with Gasteiger partial charge in [0.05, 0.1) is 0 Å². The number of nitriles is 1. The van der Waals surface area contributed by atoms with Crippen LogP contribution in [-0.2, 0) is 17.8 Å². The Morgan fingerprint density at radius 3 is 2.62 bits per heavy atom. The maximum absolute atomic E-state index is 12.8. The number of carbonyl (C=O) groups excluding carboxylic acids is 1. The van der Waals surface area contributed by atoms with E-state index < -0.39 is 0 Å². The summed E-state index contributed by atoms with van der Waals surface area (Å²) in [5, 5.41) is 9.46. The molecule has 120 valence electrons. The van der Waals surface area contributed by atoms with Crippen LogP contribution in [0.3, 0.4) is 0 Å². The van der Waals surface area contributed by atoms with Crippen LogP contribution in [0.15, 0.2) is 48.0 Å². The molecule has 3 rings (SSSR count). The van der Waals surface area contributed by atoms with E-state index in [4.69, 9.17) is 0 Å². The van der Waals surface area contributed by atoms with E-state index in [2.05, 4.69) is 24.3 Å². The fraction of sp³-hybridized carbons (Fsp3) is 0.238. The van der Waals surface area contributed by atoms with E-state index in [1.54, 1.807) is 11.0 Å². The molecule has 0 spiro atoms. The third kappa shape index (κ3) is 3.23. The van der Waals surface area contributed by atoms with Crippen LogP contribution in [0, 0.1) is 25.2 Å². The lowest BCUT2D eigenvalue weighted by molar-refractivity contribution is -0.127. The lowest BCUT2D eigenvalue weighted by Crippen LogP contribution is -2.36. The van der Waals surface area contributed by atoms with Gasteiger partial charge in [-0.3, -0.25) is 4.79 Å². The molecule has 1 aliphatic heterocycles. The van der Waals surface area contributed by atoms with Gasteiger partial charge < -0.3 is 4.90 Å². The Morgan fingerprint density at radius 1 is 1.17 bits per heavy atom. The molecule has 3 heteroatoms. The van der Waals surface area contributed by atoms with Gasteiger partial charge in [-0.25, -0.2) is 0 Å². The molecule has 0 aliphatic carbocycles. The molecular weight excluding hydrogens is 296 g/mol. The van der Waals surface area contributed by atoms with Crippen molar-refractivity contribution in [1.82, 2.24) is 4.90 Å². The van der Waals surface area contributed by atoms with Crippen LogP contribution < -0.4 is 0 Å². The highest BCUT2D eigenvalue weighted by atomic mass is 16.2. The fourth-order valence-electron chi connectivity index (χ4n) is 3.12. The summed E-state index contributed by atoms with van der Waals surface area (Å²) in [6, 6.07) is 16.3. The molecule has 1 heterocycles. The molecule has 0 saturated heterocycles. The zero-order valence-corrected chi connectivity index (χ0v) is 14.0. The molecule has 2 aromatic rings. The summed E-state index contributed by atoms with van der Waals surface area (Å²) in [5.74, 6) is -0.188. The topological polar surface area (TPSA) is 44.1 Å². The zero-order chi connectivity index (χ0) is 17.1. The van der Waals surface area contributed by atoms with E-state index in [1.807, 2.05) is 38.1 Å². The molecule has 1 amide bonds. The van der Waals surface area contributed by atoms with Crippen LogP contribution in [0.1, 0.15) is 27.8 Å². The molecule has 0 unspecified atom stereocenters. The van der Waals surface area contributed by atoms with Crippen molar-refractivity contribution in [3.63, 3.8) is 0 Å². The first-order chi connectivity index (χ1) is 11.6. The van der Waals surface area contributed by atoms with Crippen LogP contribution in [0.2, 0.25) is 0 Å². The van der Waals surface area contributed by atoms with Gasteiger partial charge in [0, 0.05) is 13.1 Å². The predicted octanol–water partition coefficient (Wildman–Crippen LogP) is 3.80. The second-order valence-electron chi connectivity index (χ2n) is 6.28. The monoisotopic (exact) mass is 316 g/mol. The highest BCUT2D eigenvalue weighted by molar-refractivity contribution is 6.01. The first-order valence-corrected chi connectivity index (χ1v) is 8.13. The summed E-state index contributed by atoms with van der Waals surface area (Å²) < 4.78 is 0. The van der Waals surface area contributed by atoms with Crippen LogP contribution in [0.4, 0.5) is 0 Å². The first-order valence-electron chi connectivity index (χ1n) is 8.13. The summed E-state index contributed by atoms with van der Waals surface area (Å²) in [6.07, 6.45) is 2.54. The van der Waals surface area contributed by atoms with Gasteiger partial charge in [-0.2, -0.15) is 5.26 Å². The summed E-state index contributed by atoms with van der Waals surface area (Å²) in [6.45, 7) is 5.25. The second-order valence-corrected chi connectivity index (χ2v) is 6.28. The number of rotatable bonds is 2. The van der Waals surface area contributed by atoms with E-state index in [1.165, 1.54) is 16.7 Å². The Bertz CT molecular complexity index is 858. The number of carbonyl (C=O) groups is 1. The van der Waals surface area contributed by atoms with Crippen molar-refractivity contribution < 1.29 is 4.79 Å². The third-order valence-corrected chi connectivity index (χ3v) is 4.49. The molecule has 0 atom stereocenters. The maximum Gasteiger partial charge on any atom is 0.264 e. The first kappa shape index (κ1) is 16.0. The number of benzene rings is 2. The molecule has 0 N–H and O–H groups in total. The Kier molecular flexibility index (Phi) is 4.48. The SMILES string of the molecule is Cc1ccc(/C=C(\C#N)C(=O)N2CCc3ccccc3C2)c(C)c1. The van der Waals surface area contributed by atoms with Crippen LogP contribution in [0.5, 0.6) is 0 Å². The number of fused-ring (bicyclic) bond motifs is 1. The molecule has 2 aromatic carbocycles. The quantitative estimate of drug-likeness (QED) is 0.625. The van der Waals surface area contributed by atoms with Crippen molar-refractivity contribution in [3.05, 3.63) is 75.9 Å². The highest BCUT2D eigenvalue weighted by Gasteiger charge is 2.23. The lowest BCUT2D eigenvalue weighted by Gasteiger charge is -2.28. The number of aryl methyl sites for hydroxylation is 2. The third-order valence-electron chi connectivity index (χ3n) is 4.49. The van der Waals surface area contributed by atoms with Gasteiger partial charge in [0.2, 0.25) is 0 Å². The summed E-state index contributed by atoms with van der Waals surface area (Å²) in [4.78, 5) is 14.5. The standard InChI is InChI=1S/C21H20N2O/c1-15-7-8-18(16(2)11-15)12-20(13-22)21(24)23-10-9-17-5-3-4-6-19(17)14-23/h3-8,11-12H,9-10,14H2,1-2H3/b20-12+. The van der Waals surface area contributed by atoms with Gasteiger partial charge in [0.15, 0.2) is 0 Å². The van der Waals surface area contributed by atoms with E-state index in [0.717, 1.165) is 17.5 Å². The van der Waals surface area contributed by atoms with Crippen molar-refractivity contribution in [2.45, 2.75) is 26.8 Å². The van der Waals surface area contributed by atoms with Gasteiger partial charge in [-0.15, -0.1) is 0 Å². The average Bonchev–Trinajstić information content (AvgIpc) is 2.60. The highest BCUT2D eigenvalue weighted by Crippen LogP contribution is 2.21. The molecule has 24 heavy (non-hydrogen) atoms. The second kappa shape index (κ2) is 6.72. The van der Waals surface area contributed by atoms with Crippen molar-refractivity contribution >= 4 is 12.0 Å². The molecule has 0 aromatic heterocycles. The predicted molar refractivity (Wildman–Crippen MR) is 95.1 cm³/mol. The summed E-state index contributed by atoms with van der Waals surface area (Å²) in [5.41, 5.74) is 5.81. The lowest BCUT2D eigenvalue weighted by atomic mass is 9.98. The molecule has 0 radical (unpaired) electrons. The Labute approximate surface area is 142 Å². The van der Waals surface area contributed by atoms with Gasteiger partial charge >= 0.3 is 0 Å². The number of amides is 1. The van der Waals surface area contributed by atoms with E-state index in [0.29, 0.717) is 13.1 Å². The molecule has 1 aliphatic rings. The van der Waals surface area contributed by atoms with Gasteiger partial charge in [-0.1, -0.05) is 48.0 Å². The Hall–Kier alpha value is -2.86. The van der Waals surface area contributed by atoms with Crippen LogP contribution in [-0.4, -0.2) is 17.4 Å². The average molecular weight is 316 g/mol. The number of hydrogen-bond acceptors (Lipinski definition) is 2. The van der Waals surface area contributed by atoms with Gasteiger partial charge in [-0.05, 0) is 48.6 Å². The number of nitrogens with zero attached hydrogens (tertiary/aromatic N) is 2. The van der Waals surface area contributed by atoms with Gasteiger partial charge in [0.1, 0.15) is 11.6 Å². The Morgan fingerprint density at radius 2 is 1.92 bits per heavy atom. The van der Waals surface area contributed by atoms with Crippen LogP contribution >= 0.6 is 0 Å². The van der Waals surface area contributed by atoms with Gasteiger partial charge in [0.25, 0.3) is 5.91 Å². The summed E-state index contributed by atoms with van der Waals surface area (Å²) >= 11 is 0. The molecule has 0 fully saturated rings. The van der Waals surface area contributed by atoms with E-state index >= 15 is 0 Å². The van der Waals surface area contributed by atoms with Crippen molar-refractivity contribution in [2.24, 2.45) is 0 Å². The van der Waals surface area contributed by atoms with Crippen molar-refractivity contribution in [1.29, 1.82) is 5.26 Å². The molecule has 0 bridgehead atoms. The normalized spacial score (nSPS) is 14.0. The van der Waals surface area contributed by atoms with E-state index in [-0.39, 0.29) is 11.5 Å². The van der Waals surface area contributed by atoms with Crippen molar-refractivity contribution in [2.75, 3.05) is 6.54 Å². The minimum Gasteiger partial charge on any atom is -0.333 e. The van der Waals surface area contributed by atoms with E-state index in [9.17, 15) is 10.1 Å². The van der Waals surface area contributed by atoms with Crippen LogP contribution in [0.25, 0.3) is 6.08 Å². The molecule has 3 nitrogen and oxygen atoms in total. The fourth-order valence-corrected chi connectivity index (χ4v) is 3.12. The minimum absolute atomic E-state index is 0.188. The smallest absolute Gasteiger partial charge is 0.264 e. The zero-order valence-electron chi connectivity index (χ0n) is 14.0. The molecule has 0 saturated carbocycles. The van der Waals surface area contributed by atoms with Crippen molar-refractivity contribution in [3.8, 4) is 6.07 Å². The maximum atomic E-state index is 12.8. The molecular formula is C21H20N2O. The Balaban J connectivity index is 1.85. The largest absolute Gasteiger partial charge is 0.333 e. The minimum atomic E-state index is -0.188.